The van der Waals surface area contributed by atoms with Gasteiger partial charge in [-0.3, -0.25) is 4.79 Å². The highest BCUT2D eigenvalue weighted by Crippen LogP contribution is 2.22. The molecule has 0 aliphatic carbocycles. The SMILES string of the molecule is CCN(C)C(=O)C(C)Nc1cc(Cl)ccc1C(N)=S. The lowest BCUT2D eigenvalue weighted by Gasteiger charge is -2.22. The fourth-order valence-corrected chi connectivity index (χ4v) is 1.98. The zero-order valence-corrected chi connectivity index (χ0v) is 12.8. The molecule has 4 nitrogen and oxygen atoms in total. The Morgan fingerprint density at radius 3 is 2.74 bits per heavy atom. The number of halogens is 1. The normalized spacial score (nSPS) is 11.8. The molecule has 1 rings (SSSR count). The Balaban J connectivity index is 2.95. The van der Waals surface area contributed by atoms with Crippen molar-refractivity contribution in [3.8, 4) is 0 Å². The van der Waals surface area contributed by atoms with Crippen LogP contribution in [-0.2, 0) is 4.79 Å². The molecule has 0 bridgehead atoms. The van der Waals surface area contributed by atoms with Crippen LogP contribution in [0.4, 0.5) is 5.69 Å². The van der Waals surface area contributed by atoms with Crippen LogP contribution < -0.4 is 11.1 Å². The minimum Gasteiger partial charge on any atom is -0.389 e. The van der Waals surface area contributed by atoms with E-state index >= 15 is 0 Å². The van der Waals surface area contributed by atoms with Gasteiger partial charge in [-0.1, -0.05) is 23.8 Å². The Morgan fingerprint density at radius 2 is 2.21 bits per heavy atom. The first-order valence-corrected chi connectivity index (χ1v) is 6.76. The molecule has 1 aromatic carbocycles. The van der Waals surface area contributed by atoms with Gasteiger partial charge in [-0.2, -0.15) is 0 Å². The fraction of sp³-hybridized carbons (Fsp3) is 0.385. The number of nitrogens with one attached hydrogen (secondary N) is 1. The number of likely N-dealkylation sites (N-methyl/N-ethyl adjacent to an activating group) is 1. The van der Waals surface area contributed by atoms with Crippen LogP contribution in [-0.4, -0.2) is 35.4 Å². The summed E-state index contributed by atoms with van der Waals surface area (Å²) in [5.41, 5.74) is 7.01. The topological polar surface area (TPSA) is 58.4 Å². The van der Waals surface area contributed by atoms with Crippen molar-refractivity contribution in [2.24, 2.45) is 5.73 Å². The van der Waals surface area contributed by atoms with Crippen molar-refractivity contribution in [3.05, 3.63) is 28.8 Å². The molecule has 0 radical (unpaired) electrons. The standard InChI is InChI=1S/C13H18ClN3OS/c1-4-17(3)13(18)8(2)16-11-7-9(14)5-6-10(11)12(15)19/h5-8,16H,4H2,1-3H3,(H2,15,19). The predicted octanol–water partition coefficient (Wildman–Crippen LogP) is 2.25. The lowest BCUT2D eigenvalue weighted by molar-refractivity contribution is -0.130. The maximum atomic E-state index is 12.0. The summed E-state index contributed by atoms with van der Waals surface area (Å²) in [6, 6.07) is 4.79. The molecule has 0 aliphatic rings. The zero-order valence-electron chi connectivity index (χ0n) is 11.2. The highest BCUT2D eigenvalue weighted by atomic mass is 35.5. The van der Waals surface area contributed by atoms with Crippen LogP contribution in [0.25, 0.3) is 0 Å². The van der Waals surface area contributed by atoms with Gasteiger partial charge in [0.2, 0.25) is 5.91 Å². The number of hydrogen-bond acceptors (Lipinski definition) is 3. The number of thiocarbonyl (C=S) groups is 1. The number of anilines is 1. The maximum absolute atomic E-state index is 12.0. The number of carbonyl (C=O) groups excluding carboxylic acids is 1. The van der Waals surface area contributed by atoms with Crippen LogP contribution in [0.1, 0.15) is 19.4 Å². The average molecular weight is 300 g/mol. The number of nitrogens with zero attached hydrogens (tertiary/aromatic N) is 1. The molecule has 104 valence electrons. The van der Waals surface area contributed by atoms with Crippen molar-refractivity contribution in [2.45, 2.75) is 19.9 Å². The summed E-state index contributed by atoms with van der Waals surface area (Å²) < 4.78 is 0. The van der Waals surface area contributed by atoms with E-state index in [4.69, 9.17) is 29.6 Å². The Bertz CT molecular complexity index is 493. The fourth-order valence-electron chi connectivity index (χ4n) is 1.63. The van der Waals surface area contributed by atoms with Gasteiger partial charge in [-0.05, 0) is 32.0 Å². The third-order valence-corrected chi connectivity index (χ3v) is 3.30. The summed E-state index contributed by atoms with van der Waals surface area (Å²) in [7, 11) is 1.76. The van der Waals surface area contributed by atoms with Gasteiger partial charge in [-0.25, -0.2) is 0 Å². The third kappa shape index (κ3) is 4.08. The molecule has 19 heavy (non-hydrogen) atoms. The summed E-state index contributed by atoms with van der Waals surface area (Å²) in [5.74, 6) is -0.00337. The first-order valence-electron chi connectivity index (χ1n) is 5.97. The van der Waals surface area contributed by atoms with E-state index < -0.39 is 0 Å². The second kappa shape index (κ2) is 6.73. The number of amides is 1. The average Bonchev–Trinajstić information content (AvgIpc) is 2.36. The van der Waals surface area contributed by atoms with E-state index in [0.29, 0.717) is 22.8 Å². The Labute approximate surface area is 123 Å². The Morgan fingerprint density at radius 1 is 1.58 bits per heavy atom. The maximum Gasteiger partial charge on any atom is 0.244 e. The molecule has 0 heterocycles. The van der Waals surface area contributed by atoms with E-state index in [2.05, 4.69) is 5.32 Å². The molecule has 0 fully saturated rings. The number of rotatable bonds is 5. The smallest absolute Gasteiger partial charge is 0.244 e. The number of benzene rings is 1. The molecule has 0 aromatic heterocycles. The quantitative estimate of drug-likeness (QED) is 0.819. The molecular formula is C13H18ClN3OS. The lowest BCUT2D eigenvalue weighted by Crippen LogP contribution is -2.39. The minimum atomic E-state index is -0.378. The minimum absolute atomic E-state index is 0.00337. The predicted molar refractivity (Wildman–Crippen MR) is 83.7 cm³/mol. The zero-order chi connectivity index (χ0) is 14.6. The molecule has 0 saturated carbocycles. The van der Waals surface area contributed by atoms with Gasteiger partial charge in [0.25, 0.3) is 0 Å². The van der Waals surface area contributed by atoms with Crippen molar-refractivity contribution < 1.29 is 4.79 Å². The van der Waals surface area contributed by atoms with Gasteiger partial charge < -0.3 is 16.0 Å². The van der Waals surface area contributed by atoms with Gasteiger partial charge in [0.15, 0.2) is 0 Å². The van der Waals surface area contributed by atoms with Crippen LogP contribution >= 0.6 is 23.8 Å². The number of nitrogens with two attached hydrogens (primary N) is 1. The van der Waals surface area contributed by atoms with Crippen LogP contribution in [0.3, 0.4) is 0 Å². The molecule has 0 aliphatic heterocycles. The van der Waals surface area contributed by atoms with Crippen LogP contribution in [0.5, 0.6) is 0 Å². The molecular weight excluding hydrogens is 282 g/mol. The molecule has 1 atom stereocenters. The van der Waals surface area contributed by atoms with E-state index in [1.165, 1.54) is 0 Å². The van der Waals surface area contributed by atoms with Gasteiger partial charge in [0, 0.05) is 29.9 Å². The van der Waals surface area contributed by atoms with E-state index in [1.54, 1.807) is 37.1 Å². The summed E-state index contributed by atoms with van der Waals surface area (Å²) in [4.78, 5) is 13.9. The van der Waals surface area contributed by atoms with Crippen molar-refractivity contribution in [1.82, 2.24) is 4.90 Å². The second-order valence-corrected chi connectivity index (χ2v) is 5.15. The van der Waals surface area contributed by atoms with Crippen molar-refractivity contribution >= 4 is 40.4 Å². The van der Waals surface area contributed by atoms with E-state index in [0.717, 1.165) is 0 Å². The van der Waals surface area contributed by atoms with Gasteiger partial charge >= 0.3 is 0 Å². The number of carbonyl (C=O) groups is 1. The van der Waals surface area contributed by atoms with E-state index in [9.17, 15) is 4.79 Å². The van der Waals surface area contributed by atoms with Gasteiger partial charge in [-0.15, -0.1) is 0 Å². The second-order valence-electron chi connectivity index (χ2n) is 4.27. The first-order chi connectivity index (χ1) is 8.86. The highest BCUT2D eigenvalue weighted by molar-refractivity contribution is 7.80. The van der Waals surface area contributed by atoms with Crippen molar-refractivity contribution in [3.63, 3.8) is 0 Å². The molecule has 0 saturated heterocycles. The Hall–Kier alpha value is -1.33. The highest BCUT2D eigenvalue weighted by Gasteiger charge is 2.17. The lowest BCUT2D eigenvalue weighted by atomic mass is 10.1. The first kappa shape index (κ1) is 15.7. The van der Waals surface area contributed by atoms with Crippen LogP contribution in [0.2, 0.25) is 5.02 Å². The Kier molecular flexibility index (Phi) is 5.57. The van der Waals surface area contributed by atoms with Crippen LogP contribution in [0, 0.1) is 0 Å². The van der Waals surface area contributed by atoms with E-state index in [-0.39, 0.29) is 16.9 Å². The molecule has 6 heteroatoms. The summed E-state index contributed by atoms with van der Waals surface area (Å²) in [5, 5.41) is 3.67. The molecule has 1 unspecified atom stereocenters. The summed E-state index contributed by atoms with van der Waals surface area (Å²) in [6.07, 6.45) is 0. The van der Waals surface area contributed by atoms with E-state index in [1.807, 2.05) is 6.92 Å². The summed E-state index contributed by atoms with van der Waals surface area (Å²) >= 11 is 10.9. The summed E-state index contributed by atoms with van der Waals surface area (Å²) in [6.45, 7) is 4.37. The molecule has 1 aromatic rings. The number of hydrogen-bond donors (Lipinski definition) is 2. The largest absolute Gasteiger partial charge is 0.389 e. The van der Waals surface area contributed by atoms with Crippen molar-refractivity contribution in [2.75, 3.05) is 18.9 Å². The third-order valence-electron chi connectivity index (χ3n) is 2.84. The molecule has 0 spiro atoms. The van der Waals surface area contributed by atoms with Crippen molar-refractivity contribution in [1.29, 1.82) is 0 Å². The van der Waals surface area contributed by atoms with Gasteiger partial charge in [0.1, 0.15) is 11.0 Å². The monoisotopic (exact) mass is 299 g/mol. The van der Waals surface area contributed by atoms with Crippen LogP contribution in [0.15, 0.2) is 18.2 Å². The van der Waals surface area contributed by atoms with Gasteiger partial charge in [0.05, 0.1) is 0 Å². The molecule has 3 N–H and O–H groups in total. The molecule has 1 amide bonds.